The van der Waals surface area contributed by atoms with Crippen LogP contribution >= 0.6 is 34.5 Å². The molecule has 1 aromatic heterocycles. The molecule has 0 fully saturated rings. The summed E-state index contributed by atoms with van der Waals surface area (Å²) in [5.74, 6) is 0.893. The van der Waals surface area contributed by atoms with Gasteiger partial charge in [0, 0.05) is 16.8 Å². The van der Waals surface area contributed by atoms with Gasteiger partial charge in [-0.2, -0.15) is 0 Å². The summed E-state index contributed by atoms with van der Waals surface area (Å²) in [4.78, 5) is 31.4. The van der Waals surface area contributed by atoms with Gasteiger partial charge in [0.2, 0.25) is 0 Å². The van der Waals surface area contributed by atoms with Crippen LogP contribution in [0.5, 0.6) is 17.2 Å². The summed E-state index contributed by atoms with van der Waals surface area (Å²) in [6.45, 7) is 6.83. The molecule has 2 heterocycles. The van der Waals surface area contributed by atoms with E-state index in [9.17, 15) is 9.59 Å². The molecule has 8 nitrogen and oxygen atoms in total. The summed E-state index contributed by atoms with van der Waals surface area (Å²) < 4.78 is 24.0. The first kappa shape index (κ1) is 27.8. The maximum atomic E-state index is 13.8. The number of esters is 1. The highest BCUT2D eigenvalue weighted by Crippen LogP contribution is 2.35. The number of ether oxygens (including phenoxy) is 4. The molecule has 0 saturated carbocycles. The van der Waals surface area contributed by atoms with Crippen LogP contribution < -0.4 is 29.1 Å². The molecular weight excluding hydrogens is 551 g/mol. The molecule has 0 radical (unpaired) electrons. The van der Waals surface area contributed by atoms with E-state index in [1.54, 1.807) is 36.4 Å². The van der Waals surface area contributed by atoms with Crippen molar-refractivity contribution in [3.63, 3.8) is 0 Å². The first-order valence-electron chi connectivity index (χ1n) is 11.9. The third-order valence-corrected chi connectivity index (χ3v) is 7.12. The molecule has 1 aliphatic heterocycles. The Bertz CT molecular complexity index is 1580. The van der Waals surface area contributed by atoms with Crippen LogP contribution in [0.2, 0.25) is 10.0 Å². The highest BCUT2D eigenvalue weighted by molar-refractivity contribution is 7.07. The smallest absolute Gasteiger partial charge is 0.337 e. The van der Waals surface area contributed by atoms with Crippen LogP contribution in [-0.4, -0.2) is 37.5 Å². The minimum Gasteiger partial charge on any atom is -0.492 e. The fraction of sp³-hybridized carbons (Fsp3) is 0.296. The van der Waals surface area contributed by atoms with Crippen LogP contribution in [-0.2, 0) is 9.53 Å². The number of aromatic nitrogens is 1. The lowest BCUT2D eigenvalue weighted by Crippen LogP contribution is -2.39. The van der Waals surface area contributed by atoms with E-state index >= 15 is 0 Å². The quantitative estimate of drug-likeness (QED) is 0.348. The topological polar surface area (TPSA) is 88.4 Å². The molecule has 3 aromatic rings. The second kappa shape index (κ2) is 12.1. The maximum absolute atomic E-state index is 13.8. The van der Waals surface area contributed by atoms with Gasteiger partial charge in [-0.25, -0.2) is 9.79 Å². The molecule has 38 heavy (non-hydrogen) atoms. The molecule has 2 aromatic carbocycles. The van der Waals surface area contributed by atoms with E-state index in [4.69, 9.17) is 42.1 Å². The highest BCUT2D eigenvalue weighted by Gasteiger charge is 2.31. The normalized spacial score (nSPS) is 14.8. The van der Waals surface area contributed by atoms with E-state index in [0.29, 0.717) is 67.6 Å². The van der Waals surface area contributed by atoms with Gasteiger partial charge in [0.15, 0.2) is 16.3 Å². The molecule has 0 unspecified atom stereocenters. The summed E-state index contributed by atoms with van der Waals surface area (Å²) in [6, 6.07) is 7.78. The van der Waals surface area contributed by atoms with Gasteiger partial charge in [-0.05, 0) is 56.7 Å². The molecule has 0 N–H and O–H groups in total. The maximum Gasteiger partial charge on any atom is 0.337 e. The molecule has 1 atom stereocenters. The fourth-order valence-corrected chi connectivity index (χ4v) is 5.64. The molecule has 0 saturated heterocycles. The van der Waals surface area contributed by atoms with E-state index in [2.05, 4.69) is 4.99 Å². The van der Waals surface area contributed by atoms with Crippen molar-refractivity contribution in [3.8, 4) is 17.2 Å². The number of hydrogen-bond donors (Lipinski definition) is 0. The average molecular weight is 577 g/mol. The second-order valence-corrected chi connectivity index (χ2v) is 9.84. The Hall–Kier alpha value is -3.27. The summed E-state index contributed by atoms with van der Waals surface area (Å²) in [5, 5.41) is 0.739. The molecule has 0 aliphatic carbocycles. The number of hydrogen-bond acceptors (Lipinski definition) is 8. The monoisotopic (exact) mass is 576 g/mol. The fourth-order valence-electron chi connectivity index (χ4n) is 4.11. The Morgan fingerprint density at radius 2 is 1.76 bits per heavy atom. The van der Waals surface area contributed by atoms with Crippen molar-refractivity contribution in [2.24, 2.45) is 4.99 Å². The van der Waals surface area contributed by atoms with Gasteiger partial charge in [0.05, 0.1) is 48.1 Å². The van der Waals surface area contributed by atoms with E-state index in [0.717, 1.165) is 0 Å². The number of methoxy groups -OCH3 is 1. The Labute approximate surface area is 233 Å². The van der Waals surface area contributed by atoms with Gasteiger partial charge in [0.1, 0.15) is 5.75 Å². The molecule has 4 rings (SSSR count). The first-order valence-corrected chi connectivity index (χ1v) is 13.5. The SMILES string of the molecule is CCOc1ccc([C@@H]2C(C(=O)OC)=CN=c3s/c(=C/c4cc(Cl)cc(Cl)c4OCC)c(=O)n32)cc1OCC. The average Bonchev–Trinajstić information content (AvgIpc) is 3.21. The lowest BCUT2D eigenvalue weighted by molar-refractivity contribution is -0.136. The third kappa shape index (κ3) is 5.45. The predicted molar refractivity (Wildman–Crippen MR) is 148 cm³/mol. The summed E-state index contributed by atoms with van der Waals surface area (Å²) >= 11 is 13.8. The molecule has 1 aliphatic rings. The van der Waals surface area contributed by atoms with Gasteiger partial charge in [-0.1, -0.05) is 40.6 Å². The van der Waals surface area contributed by atoms with Crippen molar-refractivity contribution in [1.29, 1.82) is 0 Å². The Morgan fingerprint density at radius 1 is 1.05 bits per heavy atom. The molecular formula is C27H26Cl2N2O6S. The Morgan fingerprint density at radius 3 is 2.45 bits per heavy atom. The largest absolute Gasteiger partial charge is 0.492 e. The minimum atomic E-state index is -0.801. The minimum absolute atomic E-state index is 0.207. The Kier molecular flexibility index (Phi) is 8.81. The van der Waals surface area contributed by atoms with Crippen LogP contribution in [0.1, 0.15) is 37.9 Å². The van der Waals surface area contributed by atoms with Crippen molar-refractivity contribution in [2.75, 3.05) is 26.9 Å². The number of nitrogens with zero attached hydrogens (tertiary/aromatic N) is 2. The van der Waals surface area contributed by atoms with Crippen LogP contribution in [0, 0.1) is 0 Å². The number of benzene rings is 2. The van der Waals surface area contributed by atoms with Crippen molar-refractivity contribution in [3.05, 3.63) is 83.0 Å². The Balaban J connectivity index is 1.94. The second-order valence-electron chi connectivity index (χ2n) is 7.99. The van der Waals surface area contributed by atoms with Gasteiger partial charge in [-0.15, -0.1) is 0 Å². The van der Waals surface area contributed by atoms with Crippen molar-refractivity contribution in [2.45, 2.75) is 26.8 Å². The van der Waals surface area contributed by atoms with Crippen LogP contribution in [0.25, 0.3) is 6.08 Å². The van der Waals surface area contributed by atoms with E-state index in [1.165, 1.54) is 29.2 Å². The lowest BCUT2D eigenvalue weighted by Gasteiger charge is -2.23. The number of carbonyl (C=O) groups is 1. The molecule has 0 amide bonds. The third-order valence-electron chi connectivity index (χ3n) is 5.62. The highest BCUT2D eigenvalue weighted by atomic mass is 35.5. The van der Waals surface area contributed by atoms with Crippen LogP contribution in [0.3, 0.4) is 0 Å². The summed E-state index contributed by atoms with van der Waals surface area (Å²) in [5.41, 5.74) is 1.05. The van der Waals surface area contributed by atoms with Crippen molar-refractivity contribution >= 4 is 46.6 Å². The van der Waals surface area contributed by atoms with E-state index in [-0.39, 0.29) is 11.1 Å². The zero-order valence-corrected chi connectivity index (χ0v) is 23.6. The van der Waals surface area contributed by atoms with Crippen molar-refractivity contribution in [1.82, 2.24) is 4.57 Å². The molecule has 200 valence electrons. The zero-order chi connectivity index (χ0) is 27.4. The number of thiazole rings is 1. The first-order chi connectivity index (χ1) is 18.3. The van der Waals surface area contributed by atoms with E-state index in [1.807, 2.05) is 20.8 Å². The van der Waals surface area contributed by atoms with E-state index < -0.39 is 12.0 Å². The van der Waals surface area contributed by atoms with Crippen molar-refractivity contribution < 1.29 is 23.7 Å². The number of fused-ring (bicyclic) bond motifs is 1. The molecule has 0 bridgehead atoms. The zero-order valence-electron chi connectivity index (χ0n) is 21.2. The van der Waals surface area contributed by atoms with Gasteiger partial charge in [-0.3, -0.25) is 9.36 Å². The number of halogens is 2. The van der Waals surface area contributed by atoms with Crippen LogP contribution in [0.15, 0.2) is 51.9 Å². The van der Waals surface area contributed by atoms with Crippen LogP contribution in [0.4, 0.5) is 0 Å². The predicted octanol–water partition coefficient (Wildman–Crippen LogP) is 4.52. The summed E-state index contributed by atoms with van der Waals surface area (Å²) in [7, 11) is 1.29. The van der Waals surface area contributed by atoms with Gasteiger partial charge in [0.25, 0.3) is 5.56 Å². The number of carbonyl (C=O) groups excluding carboxylic acids is 1. The summed E-state index contributed by atoms with van der Waals surface area (Å²) in [6.07, 6.45) is 3.10. The van der Waals surface area contributed by atoms with Gasteiger partial charge < -0.3 is 18.9 Å². The molecule has 0 spiro atoms. The lowest BCUT2D eigenvalue weighted by atomic mass is 9.97. The molecule has 11 heteroatoms. The standard InChI is InChI=1S/C27H26Cl2N2O6S/c1-5-35-20-9-8-15(11-21(20)36-6-2)23-18(26(33)34-4)14-30-27-31(23)25(32)22(38-27)12-16-10-17(28)13-19(29)24(16)37-7-3/h8-14,23H,5-7H2,1-4H3/b22-12+/t23-/m1/s1. The number of rotatable bonds is 9. The van der Waals surface area contributed by atoms with Gasteiger partial charge >= 0.3 is 5.97 Å².